The molecule has 1 aromatic carbocycles. The Hall–Kier alpha value is -2.34. The van der Waals surface area contributed by atoms with Crippen molar-refractivity contribution < 1.29 is 23.4 Å². The third-order valence-corrected chi connectivity index (χ3v) is 3.31. The summed E-state index contributed by atoms with van der Waals surface area (Å²) in [6.45, 7) is 2.41. The topological polar surface area (TPSA) is 71.7 Å². The number of hydrogen-bond donors (Lipinski definition) is 2. The number of benzene rings is 1. The summed E-state index contributed by atoms with van der Waals surface area (Å²) in [5.74, 6) is 0.535. The molecule has 0 radical (unpaired) electrons. The molecule has 1 atom stereocenters. The first-order chi connectivity index (χ1) is 11.1. The maximum Gasteiger partial charge on any atom is 0.286 e. The van der Waals surface area contributed by atoms with Crippen LogP contribution in [0, 0.1) is 5.82 Å². The molecule has 0 saturated heterocycles. The van der Waals surface area contributed by atoms with E-state index in [1.807, 2.05) is 6.92 Å². The molecular formula is C17H20FNO4. The van der Waals surface area contributed by atoms with Crippen LogP contribution >= 0.6 is 0 Å². The second kappa shape index (κ2) is 8.33. The van der Waals surface area contributed by atoms with Crippen molar-refractivity contribution in [1.82, 2.24) is 5.32 Å². The van der Waals surface area contributed by atoms with Gasteiger partial charge in [-0.05, 0) is 49.2 Å². The van der Waals surface area contributed by atoms with Gasteiger partial charge in [-0.1, -0.05) is 6.92 Å². The van der Waals surface area contributed by atoms with Crippen molar-refractivity contribution in [3.05, 3.63) is 53.7 Å². The summed E-state index contributed by atoms with van der Waals surface area (Å²) in [5, 5.41) is 12.1. The van der Waals surface area contributed by atoms with E-state index in [9.17, 15) is 14.3 Å². The van der Waals surface area contributed by atoms with Crippen LogP contribution in [0.15, 0.2) is 40.8 Å². The smallest absolute Gasteiger partial charge is 0.286 e. The predicted octanol–water partition coefficient (Wildman–Crippen LogP) is 2.89. The Morgan fingerprint density at radius 1 is 1.30 bits per heavy atom. The van der Waals surface area contributed by atoms with Crippen molar-refractivity contribution in [3.8, 4) is 5.75 Å². The van der Waals surface area contributed by atoms with E-state index in [2.05, 4.69) is 5.32 Å². The number of furan rings is 1. The highest BCUT2D eigenvalue weighted by molar-refractivity contribution is 5.91. The molecule has 0 aliphatic carbocycles. The number of carbonyl (C=O) groups is 1. The van der Waals surface area contributed by atoms with Gasteiger partial charge < -0.3 is 19.6 Å². The predicted molar refractivity (Wildman–Crippen MR) is 82.7 cm³/mol. The SMILES string of the molecule is CCC(O)CCNC(=O)c1ccc(COc2ccc(F)cc2)o1. The molecule has 0 saturated carbocycles. The van der Waals surface area contributed by atoms with Crippen LogP contribution in [0.5, 0.6) is 5.75 Å². The van der Waals surface area contributed by atoms with E-state index >= 15 is 0 Å². The number of halogens is 1. The number of ether oxygens (including phenoxy) is 1. The van der Waals surface area contributed by atoms with Gasteiger partial charge in [0.15, 0.2) is 5.76 Å². The Morgan fingerprint density at radius 3 is 2.74 bits per heavy atom. The minimum atomic E-state index is -0.411. The zero-order valence-corrected chi connectivity index (χ0v) is 12.9. The molecule has 0 bridgehead atoms. The molecule has 2 N–H and O–H groups in total. The Morgan fingerprint density at radius 2 is 2.04 bits per heavy atom. The fourth-order valence-corrected chi connectivity index (χ4v) is 1.91. The van der Waals surface area contributed by atoms with Crippen LogP contribution in [0.3, 0.4) is 0 Å². The molecule has 23 heavy (non-hydrogen) atoms. The minimum absolute atomic E-state index is 0.146. The third kappa shape index (κ3) is 5.41. The molecule has 1 heterocycles. The van der Waals surface area contributed by atoms with Gasteiger partial charge >= 0.3 is 0 Å². The van der Waals surface area contributed by atoms with E-state index in [0.29, 0.717) is 30.9 Å². The van der Waals surface area contributed by atoms with E-state index in [0.717, 1.165) is 0 Å². The van der Waals surface area contributed by atoms with Crippen LogP contribution < -0.4 is 10.1 Å². The molecule has 1 aromatic heterocycles. The number of carbonyl (C=O) groups excluding carboxylic acids is 1. The highest BCUT2D eigenvalue weighted by atomic mass is 19.1. The normalized spacial score (nSPS) is 12.0. The summed E-state index contributed by atoms with van der Waals surface area (Å²) in [4.78, 5) is 11.9. The van der Waals surface area contributed by atoms with E-state index in [1.54, 1.807) is 12.1 Å². The number of amides is 1. The lowest BCUT2D eigenvalue weighted by Crippen LogP contribution is -2.26. The number of nitrogens with one attached hydrogen (secondary N) is 1. The van der Waals surface area contributed by atoms with Gasteiger partial charge in [0.1, 0.15) is 23.9 Å². The molecule has 0 aliphatic rings. The molecule has 6 heteroatoms. The monoisotopic (exact) mass is 321 g/mol. The molecule has 2 rings (SSSR count). The van der Waals surface area contributed by atoms with Crippen LogP contribution in [0.1, 0.15) is 36.1 Å². The Labute approximate surface area is 134 Å². The average Bonchev–Trinajstić information content (AvgIpc) is 3.03. The van der Waals surface area contributed by atoms with E-state index in [4.69, 9.17) is 9.15 Å². The summed E-state index contributed by atoms with van der Waals surface area (Å²) >= 11 is 0. The first kappa shape index (κ1) is 17.0. The van der Waals surface area contributed by atoms with Gasteiger partial charge in [-0.2, -0.15) is 0 Å². The van der Waals surface area contributed by atoms with Gasteiger partial charge in [0.25, 0.3) is 5.91 Å². The molecule has 0 aliphatic heterocycles. The van der Waals surface area contributed by atoms with Gasteiger partial charge in [-0.3, -0.25) is 4.79 Å². The number of aliphatic hydroxyl groups is 1. The zero-order valence-electron chi connectivity index (χ0n) is 12.9. The summed E-state index contributed by atoms with van der Waals surface area (Å²) in [5.41, 5.74) is 0. The van der Waals surface area contributed by atoms with Crippen molar-refractivity contribution in [1.29, 1.82) is 0 Å². The van der Waals surface area contributed by atoms with Crippen molar-refractivity contribution in [2.24, 2.45) is 0 Å². The van der Waals surface area contributed by atoms with Crippen molar-refractivity contribution in [2.75, 3.05) is 6.54 Å². The van der Waals surface area contributed by atoms with Gasteiger partial charge in [0.2, 0.25) is 0 Å². The highest BCUT2D eigenvalue weighted by Crippen LogP contribution is 2.15. The molecular weight excluding hydrogens is 301 g/mol. The lowest BCUT2D eigenvalue weighted by Gasteiger charge is -2.07. The average molecular weight is 321 g/mol. The lowest BCUT2D eigenvalue weighted by atomic mass is 10.2. The minimum Gasteiger partial charge on any atom is -0.486 e. The maximum atomic E-state index is 12.8. The summed E-state index contributed by atoms with van der Waals surface area (Å²) in [7, 11) is 0. The van der Waals surface area contributed by atoms with Crippen molar-refractivity contribution in [3.63, 3.8) is 0 Å². The number of rotatable bonds is 8. The molecule has 124 valence electrons. The molecule has 5 nitrogen and oxygen atoms in total. The first-order valence-electron chi connectivity index (χ1n) is 7.52. The summed E-state index contributed by atoms with van der Waals surface area (Å²) < 4.78 is 23.6. The van der Waals surface area contributed by atoms with Crippen molar-refractivity contribution in [2.45, 2.75) is 32.5 Å². The van der Waals surface area contributed by atoms with Crippen molar-refractivity contribution >= 4 is 5.91 Å². The largest absolute Gasteiger partial charge is 0.486 e. The van der Waals surface area contributed by atoms with Crippen LogP contribution in [0.4, 0.5) is 4.39 Å². The first-order valence-corrected chi connectivity index (χ1v) is 7.52. The fourth-order valence-electron chi connectivity index (χ4n) is 1.91. The van der Waals surface area contributed by atoms with Crippen LogP contribution in [0.2, 0.25) is 0 Å². The fraction of sp³-hybridized carbons (Fsp3) is 0.353. The second-order valence-electron chi connectivity index (χ2n) is 5.12. The van der Waals surface area contributed by atoms with Crippen LogP contribution in [-0.2, 0) is 6.61 Å². The van der Waals surface area contributed by atoms with E-state index < -0.39 is 6.10 Å². The standard InChI is InChI=1S/C17H20FNO4/c1-2-13(20)9-10-19-17(21)16-8-7-15(23-16)11-22-14-5-3-12(18)4-6-14/h3-8,13,20H,2,9-11H2,1H3,(H,19,21). The Kier molecular flexibility index (Phi) is 6.17. The lowest BCUT2D eigenvalue weighted by molar-refractivity contribution is 0.0910. The number of aliphatic hydroxyl groups excluding tert-OH is 1. The number of hydrogen-bond acceptors (Lipinski definition) is 4. The summed E-state index contributed by atoms with van der Waals surface area (Å²) in [6, 6.07) is 8.87. The summed E-state index contributed by atoms with van der Waals surface area (Å²) in [6.07, 6.45) is 0.747. The van der Waals surface area contributed by atoms with Gasteiger partial charge in [0, 0.05) is 6.54 Å². The molecule has 1 amide bonds. The van der Waals surface area contributed by atoms with E-state index in [1.165, 1.54) is 24.3 Å². The van der Waals surface area contributed by atoms with Crippen LogP contribution in [-0.4, -0.2) is 23.7 Å². The quantitative estimate of drug-likeness (QED) is 0.784. The molecule has 2 aromatic rings. The Balaban J connectivity index is 1.80. The molecule has 1 unspecified atom stereocenters. The maximum absolute atomic E-state index is 12.8. The highest BCUT2D eigenvalue weighted by Gasteiger charge is 2.11. The third-order valence-electron chi connectivity index (χ3n) is 3.31. The second-order valence-corrected chi connectivity index (χ2v) is 5.12. The van der Waals surface area contributed by atoms with Gasteiger partial charge in [-0.25, -0.2) is 4.39 Å². The Bertz CT molecular complexity index is 624. The van der Waals surface area contributed by atoms with Gasteiger partial charge in [0.05, 0.1) is 6.10 Å². The van der Waals surface area contributed by atoms with E-state index in [-0.39, 0.29) is 24.1 Å². The molecule has 0 fully saturated rings. The zero-order chi connectivity index (χ0) is 16.7. The molecule has 0 spiro atoms. The van der Waals surface area contributed by atoms with Crippen LogP contribution in [0.25, 0.3) is 0 Å². The van der Waals surface area contributed by atoms with Gasteiger partial charge in [-0.15, -0.1) is 0 Å².